The molecular weight excluding hydrogens is 320 g/mol. The molecule has 1 aliphatic heterocycles. The van der Waals surface area contributed by atoms with Crippen LogP contribution in [0, 0.1) is 6.92 Å². The summed E-state index contributed by atoms with van der Waals surface area (Å²) < 4.78 is 29.9. The van der Waals surface area contributed by atoms with E-state index in [4.69, 9.17) is 0 Å². The van der Waals surface area contributed by atoms with Crippen LogP contribution in [0.3, 0.4) is 0 Å². The van der Waals surface area contributed by atoms with Crippen LogP contribution in [0.5, 0.6) is 0 Å². The zero-order valence-corrected chi connectivity index (χ0v) is 13.1. The molecule has 0 spiro atoms. The van der Waals surface area contributed by atoms with E-state index < -0.39 is 10.2 Å². The summed E-state index contributed by atoms with van der Waals surface area (Å²) in [6.45, 7) is 5.72. The molecule has 18 heavy (non-hydrogen) atoms. The highest BCUT2D eigenvalue weighted by atomic mass is 79.9. The number of hydrogen-bond donors (Lipinski definition) is 0. The van der Waals surface area contributed by atoms with Gasteiger partial charge in [0.05, 0.1) is 22.4 Å². The molecule has 6 nitrogen and oxygen atoms in total. The lowest BCUT2D eigenvalue weighted by atomic mass is 10.3. The summed E-state index contributed by atoms with van der Waals surface area (Å²) in [6.07, 6.45) is 0. The average Bonchev–Trinajstić information content (AvgIpc) is 2.70. The van der Waals surface area contributed by atoms with Crippen LogP contribution < -0.4 is 0 Å². The van der Waals surface area contributed by atoms with Gasteiger partial charge < -0.3 is 0 Å². The van der Waals surface area contributed by atoms with Crippen LogP contribution in [-0.4, -0.2) is 46.4 Å². The number of aryl methyl sites for hydroxylation is 2. The van der Waals surface area contributed by atoms with Gasteiger partial charge in [0, 0.05) is 26.7 Å². The number of halogens is 1. The Morgan fingerprint density at radius 2 is 1.94 bits per heavy atom. The molecule has 0 amide bonds. The first kappa shape index (κ1) is 14.0. The van der Waals surface area contributed by atoms with Crippen molar-refractivity contribution in [3.05, 3.63) is 15.9 Å². The summed E-state index contributed by atoms with van der Waals surface area (Å²) in [7, 11) is -1.47. The second-order valence-electron chi connectivity index (χ2n) is 4.30. The molecule has 0 unspecified atom stereocenters. The van der Waals surface area contributed by atoms with Gasteiger partial charge in [-0.15, -0.1) is 0 Å². The quantitative estimate of drug-likeness (QED) is 0.823. The Morgan fingerprint density at radius 3 is 2.39 bits per heavy atom. The highest BCUT2D eigenvalue weighted by Gasteiger charge is 2.36. The fourth-order valence-electron chi connectivity index (χ4n) is 2.12. The van der Waals surface area contributed by atoms with E-state index in [1.807, 2.05) is 20.9 Å². The summed E-state index contributed by atoms with van der Waals surface area (Å²) in [4.78, 5) is 0. The number of aromatic nitrogens is 2. The summed E-state index contributed by atoms with van der Waals surface area (Å²) in [5.41, 5.74) is 1.76. The summed E-state index contributed by atoms with van der Waals surface area (Å²) in [6, 6.07) is 0. The highest BCUT2D eigenvalue weighted by molar-refractivity contribution is 9.10. The van der Waals surface area contributed by atoms with E-state index in [0.29, 0.717) is 26.2 Å². The van der Waals surface area contributed by atoms with E-state index in [2.05, 4.69) is 21.0 Å². The van der Waals surface area contributed by atoms with Crippen LogP contribution >= 0.6 is 15.9 Å². The van der Waals surface area contributed by atoms with Gasteiger partial charge in [0.15, 0.2) is 0 Å². The molecule has 1 aromatic rings. The van der Waals surface area contributed by atoms with Crippen LogP contribution in [0.15, 0.2) is 4.47 Å². The standard InChI is InChI=1S/C10H17BrN4O2S/c1-4-14-5-6-15(18(14,16)17)7-9-10(11)8(2)12-13(9)3/h4-7H2,1-3H3. The molecule has 8 heteroatoms. The van der Waals surface area contributed by atoms with Gasteiger partial charge in [0.25, 0.3) is 10.2 Å². The monoisotopic (exact) mass is 336 g/mol. The summed E-state index contributed by atoms with van der Waals surface area (Å²) in [5, 5.41) is 4.27. The van der Waals surface area contributed by atoms with Gasteiger partial charge in [0.2, 0.25) is 0 Å². The third-order valence-electron chi connectivity index (χ3n) is 3.19. The van der Waals surface area contributed by atoms with Crippen molar-refractivity contribution in [2.24, 2.45) is 7.05 Å². The van der Waals surface area contributed by atoms with Crippen molar-refractivity contribution in [1.82, 2.24) is 18.4 Å². The van der Waals surface area contributed by atoms with Crippen LogP contribution in [0.2, 0.25) is 0 Å². The minimum atomic E-state index is -3.30. The lowest BCUT2D eigenvalue weighted by Crippen LogP contribution is -2.33. The molecule has 0 saturated carbocycles. The van der Waals surface area contributed by atoms with Crippen molar-refractivity contribution in [2.75, 3.05) is 19.6 Å². The molecule has 1 aliphatic rings. The van der Waals surface area contributed by atoms with Crippen LogP contribution in [0.4, 0.5) is 0 Å². The molecule has 0 atom stereocenters. The maximum absolute atomic E-state index is 12.2. The van der Waals surface area contributed by atoms with Gasteiger partial charge in [-0.2, -0.15) is 22.1 Å². The maximum Gasteiger partial charge on any atom is 0.282 e. The minimum Gasteiger partial charge on any atom is -0.270 e. The Balaban J connectivity index is 2.26. The van der Waals surface area contributed by atoms with E-state index in [0.717, 1.165) is 15.9 Å². The first-order valence-corrected chi connectivity index (χ1v) is 8.00. The zero-order valence-electron chi connectivity index (χ0n) is 10.7. The summed E-state index contributed by atoms with van der Waals surface area (Å²) >= 11 is 3.46. The number of likely N-dealkylation sites (N-methyl/N-ethyl adjacent to an activating group) is 1. The largest absolute Gasteiger partial charge is 0.282 e. The third-order valence-corrected chi connectivity index (χ3v) is 6.28. The minimum absolute atomic E-state index is 0.358. The predicted molar refractivity (Wildman–Crippen MR) is 72.2 cm³/mol. The van der Waals surface area contributed by atoms with Gasteiger partial charge in [0.1, 0.15) is 0 Å². The predicted octanol–water partition coefficient (Wildman–Crippen LogP) is 0.873. The topological polar surface area (TPSA) is 58.4 Å². The molecule has 0 aliphatic carbocycles. The van der Waals surface area contributed by atoms with E-state index in [-0.39, 0.29) is 0 Å². The average molecular weight is 337 g/mol. The Morgan fingerprint density at radius 1 is 1.33 bits per heavy atom. The van der Waals surface area contributed by atoms with Crippen LogP contribution in [-0.2, 0) is 23.8 Å². The van der Waals surface area contributed by atoms with Crippen molar-refractivity contribution in [3.8, 4) is 0 Å². The van der Waals surface area contributed by atoms with E-state index >= 15 is 0 Å². The first-order valence-electron chi connectivity index (χ1n) is 5.81. The molecule has 2 heterocycles. The molecule has 1 saturated heterocycles. The smallest absolute Gasteiger partial charge is 0.270 e. The number of rotatable bonds is 3. The highest BCUT2D eigenvalue weighted by Crippen LogP contribution is 2.25. The SMILES string of the molecule is CCN1CCN(Cc2c(Br)c(C)nn2C)S1(=O)=O. The molecular formula is C10H17BrN4O2S. The lowest BCUT2D eigenvalue weighted by Gasteiger charge is -2.17. The fourth-order valence-corrected chi connectivity index (χ4v) is 4.14. The number of hydrogen-bond acceptors (Lipinski definition) is 3. The van der Waals surface area contributed by atoms with Crippen molar-refractivity contribution in [1.29, 1.82) is 0 Å². The molecule has 2 rings (SSSR count). The Kier molecular flexibility index (Phi) is 3.82. The van der Waals surface area contributed by atoms with Crippen molar-refractivity contribution >= 4 is 26.1 Å². The second-order valence-corrected chi connectivity index (χ2v) is 7.02. The Labute approximate surface area is 116 Å². The van der Waals surface area contributed by atoms with Gasteiger partial charge in [-0.25, -0.2) is 0 Å². The van der Waals surface area contributed by atoms with Crippen LogP contribution in [0.25, 0.3) is 0 Å². The molecule has 0 radical (unpaired) electrons. The van der Waals surface area contributed by atoms with Crippen molar-refractivity contribution < 1.29 is 8.42 Å². The normalized spacial score (nSPS) is 20.7. The maximum atomic E-state index is 12.2. The van der Waals surface area contributed by atoms with E-state index in [9.17, 15) is 8.42 Å². The van der Waals surface area contributed by atoms with Gasteiger partial charge in [-0.05, 0) is 22.9 Å². The van der Waals surface area contributed by atoms with Gasteiger partial charge >= 0.3 is 0 Å². The molecule has 0 aromatic carbocycles. The molecule has 0 N–H and O–H groups in total. The third kappa shape index (κ3) is 2.22. The molecule has 1 aromatic heterocycles. The van der Waals surface area contributed by atoms with Gasteiger partial charge in [-0.1, -0.05) is 6.92 Å². The Bertz CT molecular complexity index is 554. The summed E-state index contributed by atoms with van der Waals surface area (Å²) in [5.74, 6) is 0. The number of nitrogens with zero attached hydrogens (tertiary/aromatic N) is 4. The van der Waals surface area contributed by atoms with E-state index in [1.165, 1.54) is 8.61 Å². The fraction of sp³-hybridized carbons (Fsp3) is 0.700. The van der Waals surface area contributed by atoms with Crippen molar-refractivity contribution in [2.45, 2.75) is 20.4 Å². The van der Waals surface area contributed by atoms with Gasteiger partial charge in [-0.3, -0.25) is 4.68 Å². The van der Waals surface area contributed by atoms with Crippen LogP contribution in [0.1, 0.15) is 18.3 Å². The van der Waals surface area contributed by atoms with E-state index in [1.54, 1.807) is 4.68 Å². The second kappa shape index (κ2) is 4.92. The molecule has 0 bridgehead atoms. The molecule has 1 fully saturated rings. The zero-order chi connectivity index (χ0) is 13.5. The molecule has 102 valence electrons. The Hall–Kier alpha value is -0.440. The lowest BCUT2D eigenvalue weighted by molar-refractivity contribution is 0.430. The van der Waals surface area contributed by atoms with Crippen molar-refractivity contribution in [3.63, 3.8) is 0 Å². The first-order chi connectivity index (χ1) is 8.37.